The summed E-state index contributed by atoms with van der Waals surface area (Å²) in [5, 5.41) is 3.80. The van der Waals surface area contributed by atoms with Crippen LogP contribution in [0.2, 0.25) is 0 Å². The van der Waals surface area contributed by atoms with E-state index >= 15 is 0 Å². The second kappa shape index (κ2) is 4.96. The zero-order chi connectivity index (χ0) is 15.1. The Morgan fingerprint density at radius 2 is 2.14 bits per heavy atom. The van der Waals surface area contributed by atoms with Crippen LogP contribution >= 0.6 is 15.9 Å². The van der Waals surface area contributed by atoms with Crippen molar-refractivity contribution in [1.82, 2.24) is 10.3 Å². The van der Waals surface area contributed by atoms with Gasteiger partial charge in [-0.1, -0.05) is 15.9 Å². The maximum absolute atomic E-state index is 13.8. The molecule has 1 aromatic rings. The van der Waals surface area contributed by atoms with E-state index in [1.54, 1.807) is 18.2 Å². The van der Waals surface area contributed by atoms with Gasteiger partial charge in [-0.05, 0) is 30.7 Å². The third-order valence-electron chi connectivity index (χ3n) is 3.14. The van der Waals surface area contributed by atoms with Crippen molar-refractivity contribution >= 4 is 39.4 Å². The highest BCUT2D eigenvalue weighted by atomic mass is 79.9. The Bertz CT molecular complexity index is 716. The van der Waals surface area contributed by atoms with Crippen LogP contribution in [0.3, 0.4) is 0 Å². The number of fused-ring (bicyclic) bond motifs is 1. The normalized spacial score (nSPS) is 18.0. The summed E-state index contributed by atoms with van der Waals surface area (Å²) in [6.07, 6.45) is 0.842. The maximum atomic E-state index is 13.8. The van der Waals surface area contributed by atoms with Crippen LogP contribution in [0.1, 0.15) is 5.56 Å². The number of hydrogen-bond acceptors (Lipinski definition) is 4. The summed E-state index contributed by atoms with van der Waals surface area (Å²) in [6.45, 7) is 1.65. The van der Waals surface area contributed by atoms with Crippen LogP contribution in [0, 0.1) is 6.92 Å². The fourth-order valence-corrected chi connectivity index (χ4v) is 2.36. The van der Waals surface area contributed by atoms with Crippen molar-refractivity contribution in [2.45, 2.75) is 6.92 Å². The van der Waals surface area contributed by atoms with Crippen LogP contribution in [0.5, 0.6) is 0 Å². The molecule has 0 unspecified atom stereocenters. The first kappa shape index (κ1) is 13.7. The lowest BCUT2D eigenvalue weighted by atomic mass is 10.2. The number of guanidine groups is 1. The van der Waals surface area contributed by atoms with Crippen LogP contribution < -0.4 is 10.3 Å². The minimum absolute atomic E-state index is 0.0429. The van der Waals surface area contributed by atoms with Gasteiger partial charge in [-0.15, -0.1) is 5.10 Å². The van der Waals surface area contributed by atoms with Crippen LogP contribution in [0.15, 0.2) is 39.8 Å². The molecule has 0 bridgehead atoms. The highest BCUT2D eigenvalue weighted by molar-refractivity contribution is 9.10. The summed E-state index contributed by atoms with van der Waals surface area (Å²) in [5.74, 6) is -1.75. The van der Waals surface area contributed by atoms with Gasteiger partial charge in [0.2, 0.25) is 11.9 Å². The van der Waals surface area contributed by atoms with E-state index in [2.05, 4.69) is 26.5 Å². The molecule has 8 heteroatoms. The molecule has 0 spiro atoms. The van der Waals surface area contributed by atoms with Crippen LogP contribution in [-0.2, 0) is 9.59 Å². The van der Waals surface area contributed by atoms with E-state index in [1.807, 2.05) is 6.92 Å². The van der Waals surface area contributed by atoms with E-state index < -0.39 is 17.8 Å². The molecule has 21 heavy (non-hydrogen) atoms. The number of rotatable bonds is 1. The van der Waals surface area contributed by atoms with Gasteiger partial charge in [0.25, 0.3) is 11.8 Å². The van der Waals surface area contributed by atoms with Gasteiger partial charge >= 0.3 is 0 Å². The molecule has 0 saturated carbocycles. The molecular weight excluding hydrogens is 343 g/mol. The van der Waals surface area contributed by atoms with Crippen molar-refractivity contribution in [3.8, 4) is 0 Å². The van der Waals surface area contributed by atoms with Gasteiger partial charge in [0, 0.05) is 4.47 Å². The van der Waals surface area contributed by atoms with Gasteiger partial charge in [-0.3, -0.25) is 14.5 Å². The lowest BCUT2D eigenvalue weighted by Gasteiger charge is -2.36. The second-order valence-electron chi connectivity index (χ2n) is 4.61. The van der Waals surface area contributed by atoms with E-state index in [1.165, 1.54) is 4.90 Å². The fraction of sp³-hybridized carbons (Fsp3) is 0.154. The molecule has 3 rings (SSSR count). The van der Waals surface area contributed by atoms with Crippen molar-refractivity contribution in [2.24, 2.45) is 5.10 Å². The number of carbonyl (C=O) groups is 2. The summed E-state index contributed by atoms with van der Waals surface area (Å²) in [6, 6.07) is 5.28. The minimum atomic E-state index is -0.793. The molecule has 6 nitrogen and oxygen atoms in total. The molecule has 2 aliphatic heterocycles. The van der Waals surface area contributed by atoms with E-state index in [0.717, 1.165) is 21.0 Å². The molecule has 0 atom stereocenters. The molecule has 0 aromatic heterocycles. The number of hydrogen-bond donors (Lipinski definition) is 1. The number of anilines is 1. The number of hydrazone groups is 1. The van der Waals surface area contributed by atoms with Gasteiger partial charge in [0.1, 0.15) is 6.54 Å². The Labute approximate surface area is 128 Å². The lowest BCUT2D eigenvalue weighted by molar-refractivity contribution is -0.122. The smallest absolute Gasteiger partial charge is 0.262 e. The zero-order valence-corrected chi connectivity index (χ0v) is 12.5. The van der Waals surface area contributed by atoms with Crippen molar-refractivity contribution < 1.29 is 14.0 Å². The molecular formula is C13H10BrFN4O2. The Kier molecular flexibility index (Phi) is 3.25. The third-order valence-corrected chi connectivity index (χ3v) is 4.03. The molecule has 0 radical (unpaired) electrons. The molecule has 0 aliphatic carbocycles. The van der Waals surface area contributed by atoms with Crippen LogP contribution in [-0.4, -0.2) is 29.2 Å². The lowest BCUT2D eigenvalue weighted by Crippen LogP contribution is -2.56. The summed E-state index contributed by atoms with van der Waals surface area (Å²) < 4.78 is 14.7. The summed E-state index contributed by atoms with van der Waals surface area (Å²) in [5.41, 5.74) is 3.72. The van der Waals surface area contributed by atoms with Crippen molar-refractivity contribution in [3.05, 3.63) is 40.3 Å². The van der Waals surface area contributed by atoms with Crippen LogP contribution in [0.4, 0.5) is 10.1 Å². The summed E-state index contributed by atoms with van der Waals surface area (Å²) in [4.78, 5) is 25.7. The predicted molar refractivity (Wildman–Crippen MR) is 77.8 cm³/mol. The molecule has 108 valence electrons. The van der Waals surface area contributed by atoms with E-state index in [9.17, 15) is 14.0 Å². The number of benzene rings is 1. The highest BCUT2D eigenvalue weighted by Crippen LogP contribution is 2.28. The average molecular weight is 353 g/mol. The Morgan fingerprint density at radius 3 is 2.86 bits per heavy atom. The Hall–Kier alpha value is -2.22. The van der Waals surface area contributed by atoms with Crippen molar-refractivity contribution in [3.63, 3.8) is 0 Å². The standard InChI is InChI=1S/C13H10BrFN4O2/c1-7-4-8(2-3-9(7)14)19-12(21)5-10(15)18-6-11(20)16-17-13(18)19/h2-5H,6H2,1H3,(H,16,20). The zero-order valence-electron chi connectivity index (χ0n) is 10.9. The number of aryl methyl sites for hydroxylation is 1. The Morgan fingerprint density at radius 1 is 1.38 bits per heavy atom. The third kappa shape index (κ3) is 2.31. The van der Waals surface area contributed by atoms with E-state index in [4.69, 9.17) is 0 Å². The van der Waals surface area contributed by atoms with Crippen LogP contribution in [0.25, 0.3) is 0 Å². The van der Waals surface area contributed by atoms with E-state index in [-0.39, 0.29) is 12.5 Å². The fourth-order valence-electron chi connectivity index (χ4n) is 2.12. The topological polar surface area (TPSA) is 65.0 Å². The number of carbonyl (C=O) groups excluding carboxylic acids is 2. The number of nitrogens with one attached hydrogen (secondary N) is 1. The van der Waals surface area contributed by atoms with Gasteiger partial charge < -0.3 is 0 Å². The summed E-state index contributed by atoms with van der Waals surface area (Å²) in [7, 11) is 0. The number of amides is 2. The Balaban J connectivity index is 2.10. The largest absolute Gasteiger partial charge is 0.277 e. The average Bonchev–Trinajstić information content (AvgIpc) is 2.43. The minimum Gasteiger partial charge on any atom is -0.277 e. The van der Waals surface area contributed by atoms with Gasteiger partial charge in [-0.2, -0.15) is 4.39 Å². The second-order valence-corrected chi connectivity index (χ2v) is 5.46. The monoisotopic (exact) mass is 352 g/mol. The molecule has 2 aliphatic rings. The first-order valence-corrected chi connectivity index (χ1v) is 6.88. The molecule has 1 aromatic carbocycles. The van der Waals surface area contributed by atoms with Crippen molar-refractivity contribution in [1.29, 1.82) is 0 Å². The number of nitrogens with zero attached hydrogens (tertiary/aromatic N) is 3. The van der Waals surface area contributed by atoms with Gasteiger partial charge in [0.15, 0.2) is 0 Å². The molecule has 0 saturated heterocycles. The molecule has 0 fully saturated rings. The summed E-state index contributed by atoms with van der Waals surface area (Å²) >= 11 is 3.38. The molecule has 2 heterocycles. The first-order valence-electron chi connectivity index (χ1n) is 6.09. The SMILES string of the molecule is Cc1cc(N2C(=O)C=C(F)N3CC(=O)NN=C32)ccc1Br. The van der Waals surface area contributed by atoms with Gasteiger partial charge in [0.05, 0.1) is 11.8 Å². The first-order chi connectivity index (χ1) is 9.97. The number of halogens is 2. The predicted octanol–water partition coefficient (Wildman–Crippen LogP) is 1.62. The quantitative estimate of drug-likeness (QED) is 0.781. The van der Waals surface area contributed by atoms with E-state index in [0.29, 0.717) is 5.69 Å². The van der Waals surface area contributed by atoms with Gasteiger partial charge in [-0.25, -0.2) is 10.3 Å². The molecule has 1 N–H and O–H groups in total. The maximum Gasteiger partial charge on any atom is 0.262 e. The van der Waals surface area contributed by atoms with Crippen molar-refractivity contribution in [2.75, 3.05) is 11.4 Å². The molecule has 2 amide bonds. The highest BCUT2D eigenvalue weighted by Gasteiger charge is 2.36.